The Hall–Kier alpha value is -3.85. The van der Waals surface area contributed by atoms with Gasteiger partial charge in [-0.15, -0.1) is 0 Å². The molecule has 8 nitrogen and oxygen atoms in total. The van der Waals surface area contributed by atoms with Crippen LogP contribution in [0.15, 0.2) is 72.8 Å². The number of ether oxygens (including phenoxy) is 2. The standard InChI is InChI=1S/C28H29NO7S/c1-18(2)35-27(30)25(19-9-8-10-20(15-19)36-37(3,32)33)16-29-28(31)34-17-26-23-13-6-4-11-21(23)22-12-5-7-14-24(22)26/h4-15,18,25-26H,16-17H2,1-3H3,(H,29,31). The van der Waals surface area contributed by atoms with Crippen molar-refractivity contribution in [3.63, 3.8) is 0 Å². The number of benzene rings is 3. The van der Waals surface area contributed by atoms with Crippen molar-refractivity contribution in [2.75, 3.05) is 19.4 Å². The van der Waals surface area contributed by atoms with Crippen LogP contribution in [0, 0.1) is 0 Å². The van der Waals surface area contributed by atoms with Gasteiger partial charge in [-0.3, -0.25) is 4.79 Å². The van der Waals surface area contributed by atoms with E-state index in [9.17, 15) is 18.0 Å². The molecule has 194 valence electrons. The maximum atomic E-state index is 12.8. The maximum absolute atomic E-state index is 12.8. The molecule has 0 fully saturated rings. The van der Waals surface area contributed by atoms with Gasteiger partial charge in [-0.25, -0.2) is 4.79 Å². The molecule has 0 heterocycles. The molecule has 0 spiro atoms. The van der Waals surface area contributed by atoms with Crippen molar-refractivity contribution in [1.29, 1.82) is 0 Å². The topological polar surface area (TPSA) is 108 Å². The Balaban J connectivity index is 1.45. The van der Waals surface area contributed by atoms with Crippen LogP contribution < -0.4 is 9.50 Å². The summed E-state index contributed by atoms with van der Waals surface area (Å²) in [5.74, 6) is -1.50. The lowest BCUT2D eigenvalue weighted by Gasteiger charge is -2.20. The van der Waals surface area contributed by atoms with Gasteiger partial charge in [0.05, 0.1) is 18.3 Å². The highest BCUT2D eigenvalue weighted by molar-refractivity contribution is 7.86. The van der Waals surface area contributed by atoms with Gasteiger partial charge in [-0.05, 0) is 53.8 Å². The lowest BCUT2D eigenvalue weighted by atomic mass is 9.98. The molecular weight excluding hydrogens is 494 g/mol. The van der Waals surface area contributed by atoms with E-state index in [-0.39, 0.29) is 30.9 Å². The van der Waals surface area contributed by atoms with E-state index >= 15 is 0 Å². The van der Waals surface area contributed by atoms with Crippen molar-refractivity contribution >= 4 is 22.2 Å². The second kappa shape index (κ2) is 11.0. The first-order valence-electron chi connectivity index (χ1n) is 11.9. The summed E-state index contributed by atoms with van der Waals surface area (Å²) >= 11 is 0. The van der Waals surface area contributed by atoms with Crippen LogP contribution in [0.2, 0.25) is 0 Å². The predicted octanol–water partition coefficient (Wildman–Crippen LogP) is 4.60. The fourth-order valence-corrected chi connectivity index (χ4v) is 4.90. The van der Waals surface area contributed by atoms with E-state index < -0.39 is 28.1 Å². The van der Waals surface area contributed by atoms with E-state index in [2.05, 4.69) is 17.4 Å². The average molecular weight is 524 g/mol. The van der Waals surface area contributed by atoms with E-state index in [0.717, 1.165) is 28.5 Å². The molecule has 1 unspecified atom stereocenters. The van der Waals surface area contributed by atoms with Gasteiger partial charge in [-0.1, -0.05) is 60.7 Å². The molecule has 4 rings (SSSR count). The zero-order chi connectivity index (χ0) is 26.6. The summed E-state index contributed by atoms with van der Waals surface area (Å²) in [6.45, 7) is 3.47. The summed E-state index contributed by atoms with van der Waals surface area (Å²) in [4.78, 5) is 25.5. The van der Waals surface area contributed by atoms with Gasteiger partial charge in [0.15, 0.2) is 0 Å². The Morgan fingerprint density at radius 2 is 1.54 bits per heavy atom. The fraction of sp³-hybridized carbons (Fsp3) is 0.286. The van der Waals surface area contributed by atoms with Crippen LogP contribution in [-0.4, -0.2) is 46.0 Å². The van der Waals surface area contributed by atoms with E-state index in [1.54, 1.807) is 26.0 Å². The smallest absolute Gasteiger partial charge is 0.407 e. The number of fused-ring (bicyclic) bond motifs is 3. The maximum Gasteiger partial charge on any atom is 0.407 e. The van der Waals surface area contributed by atoms with Crippen LogP contribution in [0.4, 0.5) is 4.79 Å². The predicted molar refractivity (Wildman–Crippen MR) is 139 cm³/mol. The number of carbonyl (C=O) groups is 2. The Morgan fingerprint density at radius 1 is 0.919 bits per heavy atom. The molecule has 0 saturated heterocycles. The van der Waals surface area contributed by atoms with Gasteiger partial charge in [0, 0.05) is 12.5 Å². The molecule has 0 bridgehead atoms. The molecule has 3 aromatic carbocycles. The summed E-state index contributed by atoms with van der Waals surface area (Å²) in [5.41, 5.74) is 4.88. The molecular formula is C28H29NO7S. The Morgan fingerprint density at radius 3 is 2.14 bits per heavy atom. The molecule has 37 heavy (non-hydrogen) atoms. The number of nitrogens with one attached hydrogen (secondary N) is 1. The minimum absolute atomic E-state index is 0.0588. The van der Waals surface area contributed by atoms with Gasteiger partial charge in [0.25, 0.3) is 0 Å². The van der Waals surface area contributed by atoms with Crippen molar-refractivity contribution in [1.82, 2.24) is 5.32 Å². The normalized spacial score (nSPS) is 13.4. The number of hydrogen-bond acceptors (Lipinski definition) is 7. The zero-order valence-corrected chi connectivity index (χ0v) is 21.7. The third-order valence-corrected chi connectivity index (χ3v) is 6.43. The van der Waals surface area contributed by atoms with Crippen molar-refractivity contribution in [2.45, 2.75) is 31.8 Å². The number of alkyl carbamates (subject to hydrolysis) is 1. The molecule has 1 N–H and O–H groups in total. The molecule has 0 aromatic heterocycles. The van der Waals surface area contributed by atoms with Crippen LogP contribution in [0.5, 0.6) is 5.75 Å². The summed E-state index contributed by atoms with van der Waals surface area (Å²) in [6.07, 6.45) is -0.115. The number of esters is 1. The zero-order valence-electron chi connectivity index (χ0n) is 20.8. The van der Waals surface area contributed by atoms with Crippen molar-refractivity contribution in [3.8, 4) is 16.9 Å². The molecule has 0 aliphatic heterocycles. The molecule has 3 aromatic rings. The Bertz CT molecular complexity index is 1360. The van der Waals surface area contributed by atoms with Gasteiger partial charge in [-0.2, -0.15) is 8.42 Å². The number of carbonyl (C=O) groups excluding carboxylic acids is 2. The van der Waals surface area contributed by atoms with Gasteiger partial charge in [0.1, 0.15) is 12.4 Å². The second-order valence-electron chi connectivity index (χ2n) is 9.10. The van der Waals surface area contributed by atoms with E-state index in [0.29, 0.717) is 5.56 Å². The summed E-state index contributed by atoms with van der Waals surface area (Å²) in [5, 5.41) is 2.65. The lowest BCUT2D eigenvalue weighted by molar-refractivity contribution is -0.149. The molecule has 9 heteroatoms. The van der Waals surface area contributed by atoms with E-state index in [1.165, 1.54) is 12.1 Å². The number of amides is 1. The summed E-state index contributed by atoms with van der Waals surface area (Å²) < 4.78 is 38.9. The quantitative estimate of drug-likeness (QED) is 0.323. The van der Waals surface area contributed by atoms with Gasteiger partial charge in [0.2, 0.25) is 0 Å². The third kappa shape index (κ3) is 6.48. The molecule has 1 aliphatic rings. The third-order valence-electron chi connectivity index (χ3n) is 5.94. The second-order valence-corrected chi connectivity index (χ2v) is 10.7. The highest BCUT2D eigenvalue weighted by atomic mass is 32.2. The largest absolute Gasteiger partial charge is 0.462 e. The highest BCUT2D eigenvalue weighted by Gasteiger charge is 2.30. The van der Waals surface area contributed by atoms with Gasteiger partial charge >= 0.3 is 22.2 Å². The van der Waals surface area contributed by atoms with Crippen LogP contribution in [0.25, 0.3) is 11.1 Å². The minimum atomic E-state index is -3.75. The first-order valence-corrected chi connectivity index (χ1v) is 13.7. The molecule has 1 aliphatic carbocycles. The Labute approximate surface area is 216 Å². The van der Waals surface area contributed by atoms with Crippen LogP contribution in [0.1, 0.15) is 42.4 Å². The lowest BCUT2D eigenvalue weighted by Crippen LogP contribution is -2.34. The van der Waals surface area contributed by atoms with Crippen molar-refractivity contribution < 1.29 is 31.7 Å². The SMILES string of the molecule is CC(C)OC(=O)C(CNC(=O)OCC1c2ccccc2-c2ccccc21)c1cccc(OS(C)(=O)=O)c1. The average Bonchev–Trinajstić information content (AvgIpc) is 3.15. The van der Waals surface area contributed by atoms with Gasteiger partial charge < -0.3 is 19.0 Å². The highest BCUT2D eigenvalue weighted by Crippen LogP contribution is 2.44. The molecule has 0 radical (unpaired) electrons. The minimum Gasteiger partial charge on any atom is -0.462 e. The van der Waals surface area contributed by atoms with Crippen LogP contribution in [0.3, 0.4) is 0 Å². The Kier molecular flexibility index (Phi) is 7.83. The molecule has 1 amide bonds. The fourth-order valence-electron chi connectivity index (χ4n) is 4.44. The monoisotopic (exact) mass is 523 g/mol. The van der Waals surface area contributed by atoms with Crippen LogP contribution in [-0.2, 0) is 24.4 Å². The number of hydrogen-bond donors (Lipinski definition) is 1. The van der Waals surface area contributed by atoms with E-state index in [1.807, 2.05) is 36.4 Å². The van der Waals surface area contributed by atoms with Crippen LogP contribution >= 0.6 is 0 Å². The van der Waals surface area contributed by atoms with Crippen molar-refractivity contribution in [3.05, 3.63) is 89.5 Å². The first kappa shape index (κ1) is 26.2. The first-order chi connectivity index (χ1) is 17.6. The van der Waals surface area contributed by atoms with E-state index in [4.69, 9.17) is 13.7 Å². The molecule has 1 atom stereocenters. The molecule has 0 saturated carbocycles. The summed E-state index contributed by atoms with van der Waals surface area (Å²) in [7, 11) is -3.75. The van der Waals surface area contributed by atoms with Crippen molar-refractivity contribution in [2.24, 2.45) is 0 Å². The summed E-state index contributed by atoms with van der Waals surface area (Å²) in [6, 6.07) is 22.2. The number of rotatable bonds is 9.